The number of carboxylic acids is 1. The van der Waals surface area contributed by atoms with Gasteiger partial charge in [0.1, 0.15) is 22.7 Å². The van der Waals surface area contributed by atoms with Crippen LogP contribution in [0.25, 0.3) is 6.08 Å². The van der Waals surface area contributed by atoms with Crippen LogP contribution >= 0.6 is 0 Å². The van der Waals surface area contributed by atoms with Gasteiger partial charge in [0.05, 0.1) is 11.2 Å². The first-order valence-corrected chi connectivity index (χ1v) is 18.3. The molecule has 0 bridgehead atoms. The Hall–Kier alpha value is -3.33. The Kier molecular flexibility index (Phi) is 7.61. The fraction of sp³-hybridized carbons (Fsp3) is 0.595. The minimum absolute atomic E-state index is 0.0641. The van der Waals surface area contributed by atoms with Crippen LogP contribution in [0.4, 0.5) is 0 Å². The maximum Gasteiger partial charge on any atom is 0.335 e. The molecule has 6 aliphatic carbocycles. The summed E-state index contributed by atoms with van der Waals surface area (Å²) in [5.74, 6) is -3.37. The first-order valence-electron chi connectivity index (χ1n) is 18.3. The highest BCUT2D eigenvalue weighted by Crippen LogP contribution is 2.78. The van der Waals surface area contributed by atoms with Crippen LogP contribution < -0.4 is 0 Å². The van der Waals surface area contributed by atoms with Gasteiger partial charge in [-0.1, -0.05) is 90.1 Å². The number of carbonyl (C=O) groups excluding carboxylic acids is 2. The highest BCUT2D eigenvalue weighted by Gasteiger charge is 2.78. The van der Waals surface area contributed by atoms with Crippen molar-refractivity contribution >= 4 is 23.6 Å². The number of Topliss-reactive ketones (excluding diaryl/α,β-unsaturated/α-hetero) is 2. The van der Waals surface area contributed by atoms with E-state index in [9.17, 15) is 39.9 Å². The second kappa shape index (κ2) is 10.8. The topological polar surface area (TPSA) is 152 Å². The van der Waals surface area contributed by atoms with Crippen LogP contribution in [0.2, 0.25) is 0 Å². The molecule has 8 heteroatoms. The van der Waals surface area contributed by atoms with Crippen molar-refractivity contribution in [2.45, 2.75) is 110 Å². The molecule has 50 heavy (non-hydrogen) atoms. The monoisotopic (exact) mass is 684 g/mol. The summed E-state index contributed by atoms with van der Waals surface area (Å²) in [4.78, 5) is 40.5. The van der Waals surface area contributed by atoms with Crippen molar-refractivity contribution in [1.29, 1.82) is 0 Å². The van der Waals surface area contributed by atoms with Gasteiger partial charge in [0, 0.05) is 40.6 Å². The van der Waals surface area contributed by atoms with E-state index < -0.39 is 62.0 Å². The summed E-state index contributed by atoms with van der Waals surface area (Å²) in [6.07, 6.45) is 9.45. The van der Waals surface area contributed by atoms with Gasteiger partial charge in [-0.2, -0.15) is 0 Å². The average Bonchev–Trinajstić information content (AvgIpc) is 3.23. The van der Waals surface area contributed by atoms with Crippen molar-refractivity contribution in [3.63, 3.8) is 0 Å². The van der Waals surface area contributed by atoms with E-state index in [0.29, 0.717) is 30.4 Å². The lowest BCUT2D eigenvalue weighted by Crippen LogP contribution is -2.69. The highest BCUT2D eigenvalue weighted by atomic mass is 16.4. The van der Waals surface area contributed by atoms with Gasteiger partial charge in [-0.15, -0.1) is 0 Å². The number of benzene rings is 1. The quantitative estimate of drug-likeness (QED) is 0.213. The molecule has 7 rings (SSSR count). The number of allylic oxidation sites excluding steroid dienone is 1. The second-order valence-corrected chi connectivity index (χ2v) is 17.8. The number of carbonyl (C=O) groups is 3. The van der Waals surface area contributed by atoms with Gasteiger partial charge in [0.15, 0.2) is 5.78 Å². The number of ketones is 2. The van der Waals surface area contributed by atoms with E-state index in [4.69, 9.17) is 0 Å². The Balaban J connectivity index is 1.41. The van der Waals surface area contributed by atoms with E-state index in [1.54, 1.807) is 12.2 Å². The Labute approximate surface area is 294 Å². The third kappa shape index (κ3) is 4.31. The number of aliphatic hydroxyl groups is 4. The second-order valence-electron chi connectivity index (χ2n) is 17.8. The Morgan fingerprint density at radius 2 is 1.66 bits per heavy atom. The van der Waals surface area contributed by atoms with Crippen LogP contribution in [0.1, 0.15) is 98.5 Å². The summed E-state index contributed by atoms with van der Waals surface area (Å²) in [6, 6.07) is 9.80. The molecule has 0 spiro atoms. The van der Waals surface area contributed by atoms with E-state index in [2.05, 4.69) is 6.92 Å². The first-order chi connectivity index (χ1) is 23.2. The van der Waals surface area contributed by atoms with Gasteiger partial charge in [0.2, 0.25) is 0 Å². The number of aliphatic hydroxyl groups excluding tert-OH is 1. The summed E-state index contributed by atoms with van der Waals surface area (Å²) in [7, 11) is 0. The molecule has 0 heterocycles. The number of carboxylic acid groups (broad SMARTS) is 1. The molecule has 0 aromatic heterocycles. The van der Waals surface area contributed by atoms with Crippen LogP contribution in [0, 0.1) is 45.3 Å². The fourth-order valence-electron chi connectivity index (χ4n) is 12.5. The molecular formula is C42H52O8. The molecule has 268 valence electrons. The zero-order chi connectivity index (χ0) is 36.4. The largest absolute Gasteiger partial charge is 0.509 e. The van der Waals surface area contributed by atoms with Crippen molar-refractivity contribution in [1.82, 2.24) is 0 Å². The normalized spacial score (nSPS) is 44.0. The summed E-state index contributed by atoms with van der Waals surface area (Å²) >= 11 is 0. The fourth-order valence-corrected chi connectivity index (χ4v) is 12.5. The van der Waals surface area contributed by atoms with Crippen molar-refractivity contribution in [2.24, 2.45) is 45.3 Å². The van der Waals surface area contributed by atoms with E-state index in [1.807, 2.05) is 77.1 Å². The average molecular weight is 685 g/mol. The molecule has 0 amide bonds. The van der Waals surface area contributed by atoms with E-state index in [1.165, 1.54) is 0 Å². The number of rotatable bonds is 6. The first kappa shape index (κ1) is 35.1. The van der Waals surface area contributed by atoms with Gasteiger partial charge in [-0.05, 0) is 78.9 Å². The highest BCUT2D eigenvalue weighted by molar-refractivity contribution is 6.02. The zero-order valence-electron chi connectivity index (χ0n) is 30.1. The van der Waals surface area contributed by atoms with Gasteiger partial charge in [-0.3, -0.25) is 9.59 Å². The zero-order valence-corrected chi connectivity index (χ0v) is 30.1. The molecule has 1 aromatic rings. The SMILES string of the molecule is CC(CC1(O)CCCC(C(=O)O)=C1O)C1CC2(O)C=CC3(O)C4=C(C(=O)CC1(C)C42C)C1(C)CCC(=O)C(C)(C)C1C3C=Cc1ccccc1. The van der Waals surface area contributed by atoms with Gasteiger partial charge < -0.3 is 25.5 Å². The third-order valence-corrected chi connectivity index (χ3v) is 15.1. The van der Waals surface area contributed by atoms with Crippen molar-refractivity contribution < 1.29 is 39.9 Å². The summed E-state index contributed by atoms with van der Waals surface area (Å²) in [5, 5.41) is 58.6. The van der Waals surface area contributed by atoms with Gasteiger partial charge >= 0.3 is 5.97 Å². The lowest BCUT2D eigenvalue weighted by Gasteiger charge is -2.68. The van der Waals surface area contributed by atoms with E-state index >= 15 is 0 Å². The Morgan fingerprint density at radius 3 is 2.32 bits per heavy atom. The molecule has 10 unspecified atom stereocenters. The smallest absolute Gasteiger partial charge is 0.335 e. The molecule has 5 N–H and O–H groups in total. The third-order valence-electron chi connectivity index (χ3n) is 15.1. The lowest BCUT2D eigenvalue weighted by molar-refractivity contribution is -0.161. The predicted octanol–water partition coefficient (Wildman–Crippen LogP) is 6.51. The van der Waals surface area contributed by atoms with Crippen LogP contribution in [0.5, 0.6) is 0 Å². The number of fused-ring (bicyclic) bond motifs is 2. The summed E-state index contributed by atoms with van der Waals surface area (Å²) < 4.78 is 0. The molecule has 0 aliphatic heterocycles. The minimum Gasteiger partial charge on any atom is -0.509 e. The molecular weight excluding hydrogens is 632 g/mol. The van der Waals surface area contributed by atoms with Crippen molar-refractivity contribution in [2.75, 3.05) is 0 Å². The van der Waals surface area contributed by atoms with Crippen molar-refractivity contribution in [3.8, 4) is 0 Å². The maximum atomic E-state index is 14.9. The van der Waals surface area contributed by atoms with Crippen LogP contribution in [0.15, 0.2) is 71.0 Å². The molecule has 2 saturated carbocycles. The van der Waals surface area contributed by atoms with Gasteiger partial charge in [-0.25, -0.2) is 4.79 Å². The Morgan fingerprint density at radius 1 is 0.980 bits per heavy atom. The van der Waals surface area contributed by atoms with Crippen molar-refractivity contribution in [3.05, 3.63) is 76.6 Å². The number of hydrogen-bond donors (Lipinski definition) is 5. The van der Waals surface area contributed by atoms with E-state index in [-0.39, 0.29) is 61.1 Å². The molecule has 8 nitrogen and oxygen atoms in total. The standard InChI is InChI=1S/C42H52O8/c1-24(21-40(48)17-10-13-26(34(40)45)35(46)47)28-22-41(49)19-20-42(50)27(15-14-25-11-8-7-9-12-25)32-36(2,3)30(44)16-18-37(32,4)31-29(43)23-38(28,5)39(41,6)33(31)42/h7-9,11-12,14-15,19-20,24,27-28,32,45,48-50H,10,13,16-18,21-23H2,1-6H3,(H,46,47). The van der Waals surface area contributed by atoms with Crippen LogP contribution in [-0.2, 0) is 14.4 Å². The lowest BCUT2D eigenvalue weighted by atomic mass is 9.36. The van der Waals surface area contributed by atoms with Gasteiger partial charge in [0.25, 0.3) is 0 Å². The number of hydrogen-bond acceptors (Lipinski definition) is 7. The molecule has 0 saturated heterocycles. The number of aliphatic carboxylic acids is 1. The summed E-state index contributed by atoms with van der Waals surface area (Å²) in [5.41, 5.74) is -6.51. The molecule has 6 aliphatic rings. The Bertz CT molecular complexity index is 1800. The summed E-state index contributed by atoms with van der Waals surface area (Å²) in [6.45, 7) is 11.9. The van der Waals surface area contributed by atoms with E-state index in [0.717, 1.165) is 5.56 Å². The maximum absolute atomic E-state index is 14.9. The van der Waals surface area contributed by atoms with Crippen LogP contribution in [-0.4, -0.2) is 59.9 Å². The predicted molar refractivity (Wildman–Crippen MR) is 188 cm³/mol. The molecule has 1 aromatic carbocycles. The van der Waals surface area contributed by atoms with Crippen LogP contribution in [0.3, 0.4) is 0 Å². The minimum atomic E-state index is -1.74. The molecule has 2 fully saturated rings. The molecule has 10 atom stereocenters. The molecule has 0 radical (unpaired) electrons.